The van der Waals surface area contributed by atoms with E-state index in [1.54, 1.807) is 0 Å². The molecule has 0 spiro atoms. The minimum Gasteiger partial charge on any atom is -0.354 e. The van der Waals surface area contributed by atoms with Crippen molar-refractivity contribution in [3.05, 3.63) is 54.1 Å². The highest BCUT2D eigenvalue weighted by Crippen LogP contribution is 2.14. The topological polar surface area (TPSA) is 43.8 Å². The van der Waals surface area contributed by atoms with Gasteiger partial charge in [-0.1, -0.05) is 13.0 Å². The van der Waals surface area contributed by atoms with E-state index in [9.17, 15) is 0 Å². The van der Waals surface area contributed by atoms with Crippen molar-refractivity contribution in [2.24, 2.45) is 5.73 Å². The Balaban J connectivity index is 1.94. The van der Waals surface area contributed by atoms with E-state index in [2.05, 4.69) is 41.0 Å². The molecule has 17 heavy (non-hydrogen) atoms. The van der Waals surface area contributed by atoms with E-state index >= 15 is 0 Å². The molecule has 0 aliphatic heterocycles. The van der Waals surface area contributed by atoms with Gasteiger partial charge < -0.3 is 10.3 Å². The zero-order chi connectivity index (χ0) is 12.1. The van der Waals surface area contributed by atoms with Gasteiger partial charge in [0, 0.05) is 43.3 Å². The standard InChI is InChI=1S/C14H19N3/c1-2-14(15)12-6-9-17(11-12)10-7-13-5-3-4-8-16-13/h3-6,8-9,11,14H,2,7,10,15H2,1H3. The summed E-state index contributed by atoms with van der Waals surface area (Å²) < 4.78 is 2.18. The molecule has 0 aliphatic rings. The molecule has 2 heterocycles. The number of hydrogen-bond donors (Lipinski definition) is 1. The van der Waals surface area contributed by atoms with Gasteiger partial charge in [-0.2, -0.15) is 0 Å². The van der Waals surface area contributed by atoms with Crippen molar-refractivity contribution < 1.29 is 0 Å². The van der Waals surface area contributed by atoms with Crippen LogP contribution in [-0.2, 0) is 13.0 Å². The fourth-order valence-electron chi connectivity index (χ4n) is 1.84. The molecule has 0 fully saturated rings. The van der Waals surface area contributed by atoms with Crippen LogP contribution in [0.3, 0.4) is 0 Å². The average Bonchev–Trinajstić information content (AvgIpc) is 2.85. The van der Waals surface area contributed by atoms with E-state index < -0.39 is 0 Å². The van der Waals surface area contributed by atoms with Crippen molar-refractivity contribution >= 4 is 0 Å². The Labute approximate surface area is 102 Å². The number of aromatic nitrogens is 2. The van der Waals surface area contributed by atoms with Crippen molar-refractivity contribution in [3.8, 4) is 0 Å². The van der Waals surface area contributed by atoms with Crippen LogP contribution in [0.4, 0.5) is 0 Å². The molecule has 2 N–H and O–H groups in total. The van der Waals surface area contributed by atoms with Gasteiger partial charge in [0.15, 0.2) is 0 Å². The molecule has 3 heteroatoms. The van der Waals surface area contributed by atoms with Crippen LogP contribution in [0.2, 0.25) is 0 Å². The molecule has 0 saturated heterocycles. The lowest BCUT2D eigenvalue weighted by atomic mass is 10.1. The van der Waals surface area contributed by atoms with Gasteiger partial charge in [0.1, 0.15) is 0 Å². The summed E-state index contributed by atoms with van der Waals surface area (Å²) in [7, 11) is 0. The maximum Gasteiger partial charge on any atom is 0.0421 e. The van der Waals surface area contributed by atoms with E-state index in [0.717, 1.165) is 25.1 Å². The van der Waals surface area contributed by atoms with Gasteiger partial charge >= 0.3 is 0 Å². The molecule has 0 aromatic carbocycles. The summed E-state index contributed by atoms with van der Waals surface area (Å²) in [6.45, 7) is 3.06. The first-order valence-electron chi connectivity index (χ1n) is 6.10. The fourth-order valence-corrected chi connectivity index (χ4v) is 1.84. The Kier molecular flexibility index (Phi) is 3.94. The van der Waals surface area contributed by atoms with Gasteiger partial charge in [0.2, 0.25) is 0 Å². The highest BCUT2D eigenvalue weighted by molar-refractivity contribution is 5.15. The molecule has 2 rings (SSSR count). The summed E-state index contributed by atoms with van der Waals surface area (Å²) in [4.78, 5) is 4.31. The van der Waals surface area contributed by atoms with Gasteiger partial charge in [0.25, 0.3) is 0 Å². The number of rotatable bonds is 5. The third-order valence-corrected chi connectivity index (χ3v) is 2.99. The largest absolute Gasteiger partial charge is 0.354 e. The summed E-state index contributed by atoms with van der Waals surface area (Å²) in [6, 6.07) is 8.29. The second-order valence-electron chi connectivity index (χ2n) is 4.27. The van der Waals surface area contributed by atoms with E-state index in [-0.39, 0.29) is 6.04 Å². The monoisotopic (exact) mass is 229 g/mol. The lowest BCUT2D eigenvalue weighted by Crippen LogP contribution is -2.07. The molecule has 3 nitrogen and oxygen atoms in total. The molecule has 0 radical (unpaired) electrons. The second kappa shape index (κ2) is 5.64. The number of nitrogens with zero attached hydrogens (tertiary/aromatic N) is 2. The van der Waals surface area contributed by atoms with Crippen LogP contribution in [0.1, 0.15) is 30.6 Å². The predicted octanol–water partition coefficient (Wildman–Crippen LogP) is 2.54. The summed E-state index contributed by atoms with van der Waals surface area (Å²) in [5, 5.41) is 0. The Morgan fingerprint density at radius 1 is 1.35 bits per heavy atom. The summed E-state index contributed by atoms with van der Waals surface area (Å²) in [5.41, 5.74) is 8.33. The van der Waals surface area contributed by atoms with Crippen molar-refractivity contribution in [1.29, 1.82) is 0 Å². The van der Waals surface area contributed by atoms with Crippen molar-refractivity contribution in [1.82, 2.24) is 9.55 Å². The second-order valence-corrected chi connectivity index (χ2v) is 4.27. The quantitative estimate of drug-likeness (QED) is 0.856. The minimum absolute atomic E-state index is 0.158. The van der Waals surface area contributed by atoms with Gasteiger partial charge in [-0.15, -0.1) is 0 Å². The van der Waals surface area contributed by atoms with Gasteiger partial charge in [-0.05, 0) is 30.2 Å². The zero-order valence-corrected chi connectivity index (χ0v) is 10.2. The molecule has 0 amide bonds. The Hall–Kier alpha value is -1.61. The average molecular weight is 229 g/mol. The van der Waals surface area contributed by atoms with Crippen LogP contribution in [0, 0.1) is 0 Å². The van der Waals surface area contributed by atoms with E-state index in [1.165, 1.54) is 5.56 Å². The van der Waals surface area contributed by atoms with E-state index in [0.29, 0.717) is 0 Å². The van der Waals surface area contributed by atoms with Gasteiger partial charge in [-0.25, -0.2) is 0 Å². The van der Waals surface area contributed by atoms with Crippen molar-refractivity contribution in [2.45, 2.75) is 32.4 Å². The third-order valence-electron chi connectivity index (χ3n) is 2.99. The van der Waals surface area contributed by atoms with Crippen LogP contribution in [-0.4, -0.2) is 9.55 Å². The molecule has 0 saturated carbocycles. The first kappa shape index (κ1) is 11.9. The Bertz CT molecular complexity index is 448. The highest BCUT2D eigenvalue weighted by Gasteiger charge is 2.04. The lowest BCUT2D eigenvalue weighted by Gasteiger charge is -2.05. The molecule has 2 aromatic heterocycles. The molecular formula is C14H19N3. The number of nitrogens with two attached hydrogens (primary N) is 1. The van der Waals surface area contributed by atoms with Crippen LogP contribution in [0.5, 0.6) is 0 Å². The van der Waals surface area contributed by atoms with Gasteiger partial charge in [0.05, 0.1) is 0 Å². The SMILES string of the molecule is CCC(N)c1ccn(CCc2ccccn2)c1. The molecular weight excluding hydrogens is 210 g/mol. The summed E-state index contributed by atoms with van der Waals surface area (Å²) in [6.07, 6.45) is 7.99. The molecule has 90 valence electrons. The Morgan fingerprint density at radius 3 is 2.94 bits per heavy atom. The van der Waals surface area contributed by atoms with Crippen LogP contribution in [0.15, 0.2) is 42.9 Å². The summed E-state index contributed by atoms with van der Waals surface area (Å²) >= 11 is 0. The van der Waals surface area contributed by atoms with Crippen molar-refractivity contribution in [2.75, 3.05) is 0 Å². The smallest absolute Gasteiger partial charge is 0.0421 e. The zero-order valence-electron chi connectivity index (χ0n) is 10.2. The number of hydrogen-bond acceptors (Lipinski definition) is 2. The van der Waals surface area contributed by atoms with E-state index in [4.69, 9.17) is 5.73 Å². The van der Waals surface area contributed by atoms with Crippen LogP contribution >= 0.6 is 0 Å². The normalized spacial score (nSPS) is 12.6. The van der Waals surface area contributed by atoms with Gasteiger partial charge in [-0.3, -0.25) is 4.98 Å². The van der Waals surface area contributed by atoms with E-state index in [1.807, 2.05) is 18.3 Å². The molecule has 1 unspecified atom stereocenters. The maximum absolute atomic E-state index is 5.99. The predicted molar refractivity (Wildman–Crippen MR) is 69.6 cm³/mol. The third kappa shape index (κ3) is 3.17. The molecule has 0 aliphatic carbocycles. The van der Waals surface area contributed by atoms with Crippen LogP contribution in [0.25, 0.3) is 0 Å². The lowest BCUT2D eigenvalue weighted by molar-refractivity contribution is 0.669. The molecule has 1 atom stereocenters. The maximum atomic E-state index is 5.99. The Morgan fingerprint density at radius 2 is 2.24 bits per heavy atom. The minimum atomic E-state index is 0.158. The van der Waals surface area contributed by atoms with Crippen LogP contribution < -0.4 is 5.73 Å². The fraction of sp³-hybridized carbons (Fsp3) is 0.357. The van der Waals surface area contributed by atoms with Crippen molar-refractivity contribution in [3.63, 3.8) is 0 Å². The molecule has 0 bridgehead atoms. The highest BCUT2D eigenvalue weighted by atomic mass is 14.9. The molecule has 2 aromatic rings. The number of aryl methyl sites for hydroxylation is 2. The first-order valence-corrected chi connectivity index (χ1v) is 6.10. The summed E-state index contributed by atoms with van der Waals surface area (Å²) in [5.74, 6) is 0. The first-order chi connectivity index (χ1) is 8.29. The number of pyridine rings is 1.